The van der Waals surface area contributed by atoms with Crippen LogP contribution in [-0.2, 0) is 12.8 Å². The van der Waals surface area contributed by atoms with Crippen molar-refractivity contribution in [3.63, 3.8) is 0 Å². The summed E-state index contributed by atoms with van der Waals surface area (Å²) in [6.45, 7) is 0. The second-order valence-electron chi connectivity index (χ2n) is 5.12. The number of nitrogen functional groups attached to an aromatic ring is 1. The van der Waals surface area contributed by atoms with Crippen LogP contribution in [0.2, 0.25) is 0 Å². The van der Waals surface area contributed by atoms with Crippen molar-refractivity contribution < 1.29 is 9.53 Å². The van der Waals surface area contributed by atoms with Gasteiger partial charge in [0.15, 0.2) is 5.78 Å². The zero-order chi connectivity index (χ0) is 14.1. The standard InChI is InChI=1S/C17H17NO2/c1-20-14-7-8-16(18)15(10-14)17(19)13-6-5-11-3-2-4-12(11)9-13/h5-10H,2-4,18H2,1H3. The van der Waals surface area contributed by atoms with E-state index in [4.69, 9.17) is 10.5 Å². The second kappa shape index (κ2) is 5.00. The number of benzene rings is 2. The predicted molar refractivity (Wildman–Crippen MR) is 79.3 cm³/mol. The van der Waals surface area contributed by atoms with Crippen LogP contribution in [0.5, 0.6) is 5.75 Å². The van der Waals surface area contributed by atoms with E-state index in [-0.39, 0.29) is 5.78 Å². The molecule has 3 rings (SSSR count). The lowest BCUT2D eigenvalue weighted by molar-refractivity contribution is 0.103. The predicted octanol–water partition coefficient (Wildman–Crippen LogP) is 3.00. The van der Waals surface area contributed by atoms with E-state index in [9.17, 15) is 4.79 Å². The summed E-state index contributed by atoms with van der Waals surface area (Å²) in [6.07, 6.45) is 3.35. The highest BCUT2D eigenvalue weighted by atomic mass is 16.5. The fraction of sp³-hybridized carbons (Fsp3) is 0.235. The first kappa shape index (κ1) is 12.7. The average molecular weight is 267 g/mol. The quantitative estimate of drug-likeness (QED) is 0.687. The Morgan fingerprint density at radius 3 is 2.70 bits per heavy atom. The van der Waals surface area contributed by atoms with E-state index in [0.29, 0.717) is 22.6 Å². The molecule has 1 aliphatic rings. The molecule has 0 spiro atoms. The molecule has 0 aliphatic heterocycles. The maximum absolute atomic E-state index is 12.6. The SMILES string of the molecule is COc1ccc(N)c(C(=O)c2ccc3c(c2)CCC3)c1. The van der Waals surface area contributed by atoms with Crippen LogP contribution in [0, 0.1) is 0 Å². The van der Waals surface area contributed by atoms with Crippen molar-refractivity contribution in [3.8, 4) is 5.75 Å². The molecule has 0 unspecified atom stereocenters. The molecule has 0 bridgehead atoms. The van der Waals surface area contributed by atoms with Gasteiger partial charge in [0.25, 0.3) is 0 Å². The third kappa shape index (κ3) is 2.16. The average Bonchev–Trinajstić information content (AvgIpc) is 2.94. The lowest BCUT2D eigenvalue weighted by Gasteiger charge is -2.09. The number of aryl methyl sites for hydroxylation is 2. The first-order valence-corrected chi connectivity index (χ1v) is 6.79. The Bertz CT molecular complexity index is 677. The fourth-order valence-electron chi connectivity index (χ4n) is 2.73. The van der Waals surface area contributed by atoms with Crippen molar-refractivity contribution in [2.24, 2.45) is 0 Å². The summed E-state index contributed by atoms with van der Waals surface area (Å²) >= 11 is 0. The molecular formula is C17H17NO2. The molecule has 0 heterocycles. The zero-order valence-corrected chi connectivity index (χ0v) is 11.5. The molecule has 2 aromatic carbocycles. The van der Waals surface area contributed by atoms with E-state index in [1.54, 1.807) is 25.3 Å². The van der Waals surface area contributed by atoms with Crippen molar-refractivity contribution in [2.75, 3.05) is 12.8 Å². The molecular weight excluding hydrogens is 250 g/mol. The maximum atomic E-state index is 12.6. The minimum Gasteiger partial charge on any atom is -0.497 e. The van der Waals surface area contributed by atoms with Crippen LogP contribution >= 0.6 is 0 Å². The van der Waals surface area contributed by atoms with E-state index in [1.807, 2.05) is 12.1 Å². The Kier molecular flexibility index (Phi) is 3.18. The van der Waals surface area contributed by atoms with Gasteiger partial charge in [-0.1, -0.05) is 12.1 Å². The number of hydrogen-bond donors (Lipinski definition) is 1. The molecule has 2 aromatic rings. The van der Waals surface area contributed by atoms with Gasteiger partial charge >= 0.3 is 0 Å². The van der Waals surface area contributed by atoms with Crippen molar-refractivity contribution in [2.45, 2.75) is 19.3 Å². The lowest BCUT2D eigenvalue weighted by Crippen LogP contribution is -2.06. The molecule has 102 valence electrons. The van der Waals surface area contributed by atoms with E-state index in [1.165, 1.54) is 17.5 Å². The number of ether oxygens (including phenoxy) is 1. The van der Waals surface area contributed by atoms with Crippen molar-refractivity contribution >= 4 is 11.5 Å². The Balaban J connectivity index is 2.00. The van der Waals surface area contributed by atoms with Gasteiger partial charge in [0, 0.05) is 16.8 Å². The number of ketones is 1. The fourth-order valence-corrected chi connectivity index (χ4v) is 2.73. The summed E-state index contributed by atoms with van der Waals surface area (Å²) in [5.41, 5.74) is 10.3. The normalized spacial score (nSPS) is 13.1. The first-order valence-electron chi connectivity index (χ1n) is 6.79. The van der Waals surface area contributed by atoms with Gasteiger partial charge in [-0.2, -0.15) is 0 Å². The topological polar surface area (TPSA) is 52.3 Å². The van der Waals surface area contributed by atoms with E-state index in [2.05, 4.69) is 6.07 Å². The molecule has 0 atom stereocenters. The van der Waals surface area contributed by atoms with Crippen LogP contribution in [0.3, 0.4) is 0 Å². The maximum Gasteiger partial charge on any atom is 0.195 e. The summed E-state index contributed by atoms with van der Waals surface area (Å²) < 4.78 is 5.16. The third-order valence-corrected chi connectivity index (χ3v) is 3.87. The largest absolute Gasteiger partial charge is 0.497 e. The molecule has 1 aliphatic carbocycles. The molecule has 3 nitrogen and oxygen atoms in total. The monoisotopic (exact) mass is 267 g/mol. The highest BCUT2D eigenvalue weighted by Gasteiger charge is 2.17. The highest BCUT2D eigenvalue weighted by Crippen LogP contribution is 2.26. The number of nitrogens with two attached hydrogens (primary N) is 1. The second-order valence-corrected chi connectivity index (χ2v) is 5.12. The Morgan fingerprint density at radius 1 is 1.10 bits per heavy atom. The summed E-state index contributed by atoms with van der Waals surface area (Å²) in [7, 11) is 1.58. The van der Waals surface area contributed by atoms with Crippen LogP contribution in [0.15, 0.2) is 36.4 Å². The summed E-state index contributed by atoms with van der Waals surface area (Å²) in [6, 6.07) is 11.1. The zero-order valence-electron chi connectivity index (χ0n) is 11.5. The molecule has 0 amide bonds. The Hall–Kier alpha value is -2.29. The molecule has 3 heteroatoms. The number of fused-ring (bicyclic) bond motifs is 1. The van der Waals surface area contributed by atoms with Gasteiger partial charge in [-0.05, 0) is 54.7 Å². The van der Waals surface area contributed by atoms with Gasteiger partial charge in [0.2, 0.25) is 0 Å². The van der Waals surface area contributed by atoms with Crippen molar-refractivity contribution in [1.29, 1.82) is 0 Å². The third-order valence-electron chi connectivity index (χ3n) is 3.87. The highest BCUT2D eigenvalue weighted by molar-refractivity contribution is 6.12. The number of anilines is 1. The number of hydrogen-bond acceptors (Lipinski definition) is 3. The number of carbonyl (C=O) groups excluding carboxylic acids is 1. The van der Waals surface area contributed by atoms with Crippen LogP contribution in [0.4, 0.5) is 5.69 Å². The van der Waals surface area contributed by atoms with E-state index >= 15 is 0 Å². The molecule has 20 heavy (non-hydrogen) atoms. The van der Waals surface area contributed by atoms with Gasteiger partial charge in [-0.15, -0.1) is 0 Å². The first-order chi connectivity index (χ1) is 9.69. The summed E-state index contributed by atoms with van der Waals surface area (Å²) in [5.74, 6) is 0.597. The van der Waals surface area contributed by atoms with Gasteiger partial charge in [-0.3, -0.25) is 4.79 Å². The van der Waals surface area contributed by atoms with Crippen molar-refractivity contribution in [3.05, 3.63) is 58.7 Å². The number of methoxy groups -OCH3 is 1. The van der Waals surface area contributed by atoms with Crippen LogP contribution < -0.4 is 10.5 Å². The molecule has 2 N–H and O–H groups in total. The number of carbonyl (C=O) groups is 1. The van der Waals surface area contributed by atoms with Crippen LogP contribution in [0.1, 0.15) is 33.5 Å². The summed E-state index contributed by atoms with van der Waals surface area (Å²) in [5, 5.41) is 0. The van der Waals surface area contributed by atoms with Gasteiger partial charge in [0.05, 0.1) is 7.11 Å². The minimum absolute atomic E-state index is 0.0453. The molecule has 0 saturated heterocycles. The molecule has 0 fully saturated rings. The van der Waals surface area contributed by atoms with Crippen LogP contribution in [-0.4, -0.2) is 12.9 Å². The lowest BCUT2D eigenvalue weighted by atomic mass is 9.98. The molecule has 0 radical (unpaired) electrons. The smallest absolute Gasteiger partial charge is 0.195 e. The van der Waals surface area contributed by atoms with E-state index in [0.717, 1.165) is 12.8 Å². The van der Waals surface area contributed by atoms with Gasteiger partial charge in [-0.25, -0.2) is 0 Å². The van der Waals surface area contributed by atoms with Gasteiger partial charge < -0.3 is 10.5 Å². The molecule has 0 aromatic heterocycles. The van der Waals surface area contributed by atoms with Gasteiger partial charge in [0.1, 0.15) is 5.75 Å². The minimum atomic E-state index is -0.0453. The number of rotatable bonds is 3. The molecule has 0 saturated carbocycles. The Morgan fingerprint density at radius 2 is 1.90 bits per heavy atom. The summed E-state index contributed by atoms with van der Waals surface area (Å²) in [4.78, 5) is 12.6. The Labute approximate surface area is 118 Å². The van der Waals surface area contributed by atoms with Crippen LogP contribution in [0.25, 0.3) is 0 Å². The van der Waals surface area contributed by atoms with E-state index < -0.39 is 0 Å². The van der Waals surface area contributed by atoms with Crippen molar-refractivity contribution in [1.82, 2.24) is 0 Å².